The Morgan fingerprint density at radius 1 is 1.04 bits per heavy atom. The van der Waals surface area contributed by atoms with E-state index < -0.39 is 9.84 Å². The van der Waals surface area contributed by atoms with Gasteiger partial charge >= 0.3 is 0 Å². The molecular weight excluding hydrogens is 425 g/mol. The molecule has 23 heavy (non-hydrogen) atoms. The number of hydrogen-bond acceptors (Lipinski definition) is 4. The van der Waals surface area contributed by atoms with Crippen LogP contribution in [-0.4, -0.2) is 18.6 Å². The quantitative estimate of drug-likeness (QED) is 0.611. The van der Waals surface area contributed by atoms with Crippen LogP contribution in [0.4, 0.5) is 5.82 Å². The smallest absolute Gasteiger partial charge is 0.182 e. The van der Waals surface area contributed by atoms with Gasteiger partial charge in [0.2, 0.25) is 0 Å². The maximum atomic E-state index is 12.5. The van der Waals surface area contributed by atoms with Gasteiger partial charge in [-0.1, -0.05) is 42.5 Å². The fraction of sp³-hybridized carbons (Fsp3) is 0.0625. The van der Waals surface area contributed by atoms with E-state index in [1.54, 1.807) is 24.3 Å². The minimum Gasteiger partial charge on any atom is -0.381 e. The van der Waals surface area contributed by atoms with E-state index in [2.05, 4.69) is 32.8 Å². The molecule has 0 radical (unpaired) electrons. The predicted molar refractivity (Wildman–Crippen MR) is 98.5 cm³/mol. The number of nitrogens with one attached hydrogen (secondary N) is 1. The molecule has 7 heteroatoms. The van der Waals surface area contributed by atoms with E-state index >= 15 is 0 Å². The minimum atomic E-state index is -3.37. The SMILES string of the molecule is Nc1n[nH]c(-c2ccc(S(=O)(=O)Cc3ccccc3)cc2)c1I. The number of nitrogen functional groups attached to an aromatic ring is 1. The van der Waals surface area contributed by atoms with Crippen LogP contribution in [0.2, 0.25) is 0 Å². The maximum absolute atomic E-state index is 12.5. The van der Waals surface area contributed by atoms with E-state index in [9.17, 15) is 8.42 Å². The van der Waals surface area contributed by atoms with Gasteiger partial charge < -0.3 is 5.73 Å². The molecule has 0 aliphatic carbocycles. The van der Waals surface area contributed by atoms with Crippen LogP contribution >= 0.6 is 22.6 Å². The molecule has 0 amide bonds. The first-order valence-electron chi connectivity index (χ1n) is 6.84. The van der Waals surface area contributed by atoms with Gasteiger partial charge in [-0.05, 0) is 40.3 Å². The van der Waals surface area contributed by atoms with E-state index in [0.717, 1.165) is 20.4 Å². The van der Waals surface area contributed by atoms with Gasteiger partial charge in [-0.2, -0.15) is 5.10 Å². The first-order chi connectivity index (χ1) is 11.0. The number of hydrogen-bond donors (Lipinski definition) is 2. The van der Waals surface area contributed by atoms with Gasteiger partial charge in [0.05, 0.1) is 19.9 Å². The number of aromatic nitrogens is 2. The summed E-state index contributed by atoms with van der Waals surface area (Å²) < 4.78 is 25.8. The summed E-state index contributed by atoms with van der Waals surface area (Å²) in [6, 6.07) is 15.9. The van der Waals surface area contributed by atoms with Crippen molar-refractivity contribution in [2.45, 2.75) is 10.6 Å². The lowest BCUT2D eigenvalue weighted by molar-refractivity contribution is 0.595. The molecular formula is C16H14IN3O2S. The van der Waals surface area contributed by atoms with Crippen molar-refractivity contribution in [1.29, 1.82) is 0 Å². The minimum absolute atomic E-state index is 0.0122. The van der Waals surface area contributed by atoms with Crippen molar-refractivity contribution < 1.29 is 8.42 Å². The van der Waals surface area contributed by atoms with Gasteiger partial charge in [0.15, 0.2) is 15.7 Å². The monoisotopic (exact) mass is 439 g/mol. The van der Waals surface area contributed by atoms with Crippen LogP contribution in [0, 0.1) is 3.57 Å². The molecule has 3 aromatic rings. The van der Waals surface area contributed by atoms with Crippen LogP contribution in [0.25, 0.3) is 11.3 Å². The average molecular weight is 439 g/mol. The molecule has 3 N–H and O–H groups in total. The average Bonchev–Trinajstić information content (AvgIpc) is 2.88. The Hall–Kier alpha value is -1.87. The Kier molecular flexibility index (Phi) is 4.40. The largest absolute Gasteiger partial charge is 0.381 e. The van der Waals surface area contributed by atoms with Crippen LogP contribution in [0.3, 0.4) is 0 Å². The lowest BCUT2D eigenvalue weighted by atomic mass is 10.1. The Labute approximate surface area is 148 Å². The molecule has 0 atom stereocenters. The van der Waals surface area contributed by atoms with Crippen molar-refractivity contribution in [1.82, 2.24) is 10.2 Å². The van der Waals surface area contributed by atoms with Gasteiger partial charge in [-0.25, -0.2) is 8.42 Å². The van der Waals surface area contributed by atoms with Gasteiger partial charge in [0.25, 0.3) is 0 Å². The standard InChI is InChI=1S/C16H14IN3O2S/c17-14-15(19-20-16(14)18)12-6-8-13(9-7-12)23(21,22)10-11-4-2-1-3-5-11/h1-9H,10H2,(H3,18,19,20). The second-order valence-electron chi connectivity index (χ2n) is 5.07. The van der Waals surface area contributed by atoms with Crippen molar-refractivity contribution in [3.05, 3.63) is 63.7 Å². The Morgan fingerprint density at radius 2 is 1.70 bits per heavy atom. The number of aromatic amines is 1. The Morgan fingerprint density at radius 3 is 2.26 bits per heavy atom. The highest BCUT2D eigenvalue weighted by Gasteiger charge is 2.16. The molecule has 0 bridgehead atoms. The summed E-state index contributed by atoms with van der Waals surface area (Å²) in [5, 5.41) is 6.80. The number of benzene rings is 2. The van der Waals surface area contributed by atoms with Crippen LogP contribution in [0.5, 0.6) is 0 Å². The summed E-state index contributed by atoms with van der Waals surface area (Å²) in [4.78, 5) is 0.299. The van der Waals surface area contributed by atoms with Crippen molar-refractivity contribution >= 4 is 38.2 Å². The van der Waals surface area contributed by atoms with Crippen LogP contribution in [0.15, 0.2) is 59.5 Å². The van der Waals surface area contributed by atoms with Gasteiger partial charge in [-0.3, -0.25) is 5.10 Å². The lowest BCUT2D eigenvalue weighted by Crippen LogP contribution is -2.04. The summed E-state index contributed by atoms with van der Waals surface area (Å²) >= 11 is 2.11. The molecule has 118 valence electrons. The molecule has 5 nitrogen and oxygen atoms in total. The molecule has 1 aromatic heterocycles. The van der Waals surface area contributed by atoms with Gasteiger partial charge in [0.1, 0.15) is 0 Å². The van der Waals surface area contributed by atoms with E-state index in [1.807, 2.05) is 30.3 Å². The normalized spacial score (nSPS) is 11.5. The summed E-state index contributed by atoms with van der Waals surface area (Å²) in [5.74, 6) is 0.420. The molecule has 1 heterocycles. The number of nitrogens with zero attached hydrogens (tertiary/aromatic N) is 1. The molecule has 2 aromatic carbocycles. The predicted octanol–water partition coefficient (Wildman–Crippen LogP) is 3.24. The van der Waals surface area contributed by atoms with E-state index in [-0.39, 0.29) is 5.75 Å². The molecule has 0 aliphatic rings. The zero-order chi connectivity index (χ0) is 16.4. The Bertz CT molecular complexity index is 920. The fourth-order valence-electron chi connectivity index (χ4n) is 2.24. The number of sulfone groups is 1. The Balaban J connectivity index is 1.88. The van der Waals surface area contributed by atoms with Crippen LogP contribution in [-0.2, 0) is 15.6 Å². The zero-order valence-corrected chi connectivity index (χ0v) is 15.0. The molecule has 0 spiro atoms. The van der Waals surface area contributed by atoms with Crippen molar-refractivity contribution in [2.75, 3.05) is 5.73 Å². The van der Waals surface area contributed by atoms with Crippen LogP contribution < -0.4 is 5.73 Å². The maximum Gasteiger partial charge on any atom is 0.182 e. The summed E-state index contributed by atoms with van der Waals surface area (Å²) in [6.45, 7) is 0. The molecule has 0 unspecified atom stereocenters. The van der Waals surface area contributed by atoms with Gasteiger partial charge in [0, 0.05) is 5.56 Å². The van der Waals surface area contributed by atoms with Crippen molar-refractivity contribution in [2.24, 2.45) is 0 Å². The lowest BCUT2D eigenvalue weighted by Gasteiger charge is -2.06. The number of rotatable bonds is 4. The fourth-order valence-corrected chi connectivity index (χ4v) is 4.14. The number of H-pyrrole nitrogens is 1. The second-order valence-corrected chi connectivity index (χ2v) is 8.14. The van der Waals surface area contributed by atoms with E-state index in [0.29, 0.717) is 10.7 Å². The third-order valence-corrected chi connectivity index (χ3v) is 6.23. The third kappa shape index (κ3) is 3.40. The van der Waals surface area contributed by atoms with E-state index in [1.165, 1.54) is 0 Å². The first kappa shape index (κ1) is 16.0. The number of anilines is 1. The number of nitrogens with two attached hydrogens (primary N) is 1. The highest BCUT2D eigenvalue weighted by Crippen LogP contribution is 2.28. The molecule has 0 saturated heterocycles. The summed E-state index contributed by atoms with van der Waals surface area (Å²) in [6.07, 6.45) is 0. The summed E-state index contributed by atoms with van der Waals surface area (Å²) in [5.41, 5.74) is 8.12. The first-order valence-corrected chi connectivity index (χ1v) is 9.57. The van der Waals surface area contributed by atoms with Crippen LogP contribution in [0.1, 0.15) is 5.56 Å². The van der Waals surface area contributed by atoms with Gasteiger partial charge in [-0.15, -0.1) is 0 Å². The third-order valence-electron chi connectivity index (χ3n) is 3.43. The van der Waals surface area contributed by atoms with Crippen molar-refractivity contribution in [3.63, 3.8) is 0 Å². The second kappa shape index (κ2) is 6.32. The van der Waals surface area contributed by atoms with Crippen molar-refractivity contribution in [3.8, 4) is 11.3 Å². The highest BCUT2D eigenvalue weighted by molar-refractivity contribution is 14.1. The zero-order valence-electron chi connectivity index (χ0n) is 12.0. The highest BCUT2D eigenvalue weighted by atomic mass is 127. The number of halogens is 1. The molecule has 0 fully saturated rings. The molecule has 3 rings (SSSR count). The van der Waals surface area contributed by atoms with E-state index in [4.69, 9.17) is 5.73 Å². The summed E-state index contributed by atoms with van der Waals surface area (Å²) in [7, 11) is -3.37. The topological polar surface area (TPSA) is 88.8 Å². The molecule has 0 aliphatic heterocycles. The molecule has 0 saturated carbocycles.